The van der Waals surface area contributed by atoms with Crippen LogP contribution in [0.4, 0.5) is 4.79 Å². The SMILES string of the molecule is CC(C)OC(=O)OCC(C)(C)COC(=O)C(C)CC(Cc1ccc(-c2ccccc2)cc1)NC(=O)CCC(=O)O. The Bertz CT molecular complexity index is 1110. The molecule has 2 atom stereocenters. The molecule has 0 fully saturated rings. The van der Waals surface area contributed by atoms with Crippen LogP contribution in [-0.2, 0) is 35.0 Å². The van der Waals surface area contributed by atoms with Crippen molar-refractivity contribution in [2.45, 2.75) is 72.4 Å². The van der Waals surface area contributed by atoms with E-state index in [0.717, 1.165) is 16.7 Å². The third-order valence-corrected chi connectivity index (χ3v) is 6.03. The molecule has 0 aliphatic heterocycles. The van der Waals surface area contributed by atoms with Gasteiger partial charge < -0.3 is 24.6 Å². The summed E-state index contributed by atoms with van der Waals surface area (Å²) >= 11 is 0. The summed E-state index contributed by atoms with van der Waals surface area (Å²) in [5.41, 5.74) is 2.49. The van der Waals surface area contributed by atoms with Crippen LogP contribution in [-0.4, -0.2) is 54.5 Å². The topological polar surface area (TPSA) is 128 Å². The van der Waals surface area contributed by atoms with Crippen LogP contribution < -0.4 is 5.32 Å². The zero-order valence-electron chi connectivity index (χ0n) is 24.0. The van der Waals surface area contributed by atoms with Gasteiger partial charge in [-0.2, -0.15) is 0 Å². The van der Waals surface area contributed by atoms with E-state index in [4.69, 9.17) is 19.3 Å². The van der Waals surface area contributed by atoms with Gasteiger partial charge in [0.15, 0.2) is 0 Å². The number of amides is 1. The van der Waals surface area contributed by atoms with E-state index < -0.39 is 35.5 Å². The lowest BCUT2D eigenvalue weighted by Crippen LogP contribution is -2.39. The van der Waals surface area contributed by atoms with Crippen LogP contribution in [0.15, 0.2) is 54.6 Å². The van der Waals surface area contributed by atoms with Crippen LogP contribution in [0.25, 0.3) is 11.1 Å². The molecule has 0 saturated heterocycles. The van der Waals surface area contributed by atoms with Gasteiger partial charge in [-0.15, -0.1) is 0 Å². The molecule has 0 spiro atoms. The zero-order valence-corrected chi connectivity index (χ0v) is 24.0. The minimum absolute atomic E-state index is 0.0153. The summed E-state index contributed by atoms with van der Waals surface area (Å²) in [6, 6.07) is 17.5. The van der Waals surface area contributed by atoms with E-state index in [0.29, 0.717) is 12.8 Å². The third kappa shape index (κ3) is 12.3. The molecule has 2 N–H and O–H groups in total. The second-order valence-electron chi connectivity index (χ2n) is 11.0. The zero-order chi connectivity index (χ0) is 29.7. The molecule has 218 valence electrons. The minimum atomic E-state index is -1.05. The van der Waals surface area contributed by atoms with Crippen molar-refractivity contribution in [1.29, 1.82) is 0 Å². The predicted octanol–water partition coefficient (Wildman–Crippen LogP) is 5.40. The maximum Gasteiger partial charge on any atom is 0.508 e. The monoisotopic (exact) mass is 555 g/mol. The highest BCUT2D eigenvalue weighted by molar-refractivity contribution is 5.81. The Morgan fingerprint density at radius 3 is 2.05 bits per heavy atom. The van der Waals surface area contributed by atoms with Crippen LogP contribution in [0.3, 0.4) is 0 Å². The quantitative estimate of drug-likeness (QED) is 0.280. The van der Waals surface area contributed by atoms with Gasteiger partial charge in [-0.05, 0) is 43.4 Å². The number of carboxylic acid groups (broad SMARTS) is 1. The lowest BCUT2D eigenvalue weighted by molar-refractivity contribution is -0.152. The summed E-state index contributed by atoms with van der Waals surface area (Å²) in [6.45, 7) is 8.81. The van der Waals surface area contributed by atoms with Crippen molar-refractivity contribution in [3.8, 4) is 11.1 Å². The van der Waals surface area contributed by atoms with E-state index in [9.17, 15) is 19.2 Å². The number of nitrogens with one attached hydrogen (secondary N) is 1. The standard InChI is InChI=1S/C31H41NO8/c1-21(2)40-30(37)39-20-31(4,5)19-38-29(36)22(3)17-26(32-27(33)15-16-28(34)35)18-23-11-13-25(14-12-23)24-9-7-6-8-10-24/h6-14,21-22,26H,15-20H2,1-5H3,(H,32,33)(H,34,35). The molecule has 2 aromatic rings. The average molecular weight is 556 g/mol. The number of hydrogen-bond donors (Lipinski definition) is 2. The van der Waals surface area contributed by atoms with Gasteiger partial charge in [-0.3, -0.25) is 14.4 Å². The predicted molar refractivity (Wildman–Crippen MR) is 150 cm³/mol. The van der Waals surface area contributed by atoms with Gasteiger partial charge in [-0.25, -0.2) is 4.79 Å². The van der Waals surface area contributed by atoms with Crippen molar-refractivity contribution in [3.05, 3.63) is 60.2 Å². The van der Waals surface area contributed by atoms with Gasteiger partial charge in [0.05, 0.1) is 25.0 Å². The number of hydrogen-bond acceptors (Lipinski definition) is 7. The number of rotatable bonds is 15. The lowest BCUT2D eigenvalue weighted by atomic mass is 9.94. The number of carboxylic acids is 1. The first kappa shape index (κ1) is 32.3. The smallest absolute Gasteiger partial charge is 0.481 e. The lowest BCUT2D eigenvalue weighted by Gasteiger charge is -2.26. The molecule has 0 saturated carbocycles. The van der Waals surface area contributed by atoms with Gasteiger partial charge in [-0.1, -0.05) is 75.4 Å². The number of esters is 1. The van der Waals surface area contributed by atoms with Gasteiger partial charge in [0.25, 0.3) is 0 Å². The molecule has 0 aliphatic carbocycles. The number of benzene rings is 2. The van der Waals surface area contributed by atoms with E-state index in [1.807, 2.05) is 54.6 Å². The first-order valence-electron chi connectivity index (χ1n) is 13.5. The fourth-order valence-corrected chi connectivity index (χ4v) is 3.92. The van der Waals surface area contributed by atoms with Crippen molar-refractivity contribution in [2.75, 3.05) is 13.2 Å². The van der Waals surface area contributed by atoms with E-state index in [1.54, 1.807) is 34.6 Å². The summed E-state index contributed by atoms with van der Waals surface area (Å²) in [4.78, 5) is 47.8. The van der Waals surface area contributed by atoms with Crippen LogP contribution in [0.5, 0.6) is 0 Å². The second kappa shape index (κ2) is 15.6. The van der Waals surface area contributed by atoms with Crippen LogP contribution >= 0.6 is 0 Å². The van der Waals surface area contributed by atoms with Gasteiger partial charge in [0.1, 0.15) is 6.61 Å². The number of carbonyl (C=O) groups is 4. The molecule has 1 amide bonds. The fraction of sp³-hybridized carbons (Fsp3) is 0.484. The number of ether oxygens (including phenoxy) is 3. The molecule has 0 aromatic heterocycles. The Labute approximate surface area is 236 Å². The fourth-order valence-electron chi connectivity index (χ4n) is 3.92. The number of aliphatic carboxylic acids is 1. The molecule has 9 nitrogen and oxygen atoms in total. The van der Waals surface area contributed by atoms with Crippen molar-refractivity contribution in [1.82, 2.24) is 5.32 Å². The summed E-state index contributed by atoms with van der Waals surface area (Å²) in [5.74, 6) is -2.43. The molecule has 2 unspecified atom stereocenters. The molecule has 2 aromatic carbocycles. The van der Waals surface area contributed by atoms with E-state index in [2.05, 4.69) is 5.32 Å². The summed E-state index contributed by atoms with van der Waals surface area (Å²) in [7, 11) is 0. The summed E-state index contributed by atoms with van der Waals surface area (Å²) in [5, 5.41) is 11.8. The van der Waals surface area contributed by atoms with Crippen LogP contribution in [0.1, 0.15) is 59.4 Å². The van der Waals surface area contributed by atoms with Crippen molar-refractivity contribution in [2.24, 2.45) is 11.3 Å². The Morgan fingerprint density at radius 1 is 0.850 bits per heavy atom. The van der Waals surface area contributed by atoms with Crippen molar-refractivity contribution < 1.29 is 38.5 Å². The largest absolute Gasteiger partial charge is 0.508 e. The molecular formula is C31H41NO8. The first-order valence-corrected chi connectivity index (χ1v) is 13.5. The maximum absolute atomic E-state index is 12.8. The normalized spacial score (nSPS) is 12.8. The highest BCUT2D eigenvalue weighted by Crippen LogP contribution is 2.22. The highest BCUT2D eigenvalue weighted by Gasteiger charge is 2.27. The second-order valence-corrected chi connectivity index (χ2v) is 11.0. The van der Waals surface area contributed by atoms with Crippen molar-refractivity contribution in [3.63, 3.8) is 0 Å². The Balaban J connectivity index is 2.00. The minimum Gasteiger partial charge on any atom is -0.481 e. The molecule has 2 rings (SSSR count). The van der Waals surface area contributed by atoms with Crippen LogP contribution in [0.2, 0.25) is 0 Å². The van der Waals surface area contributed by atoms with Crippen LogP contribution in [0, 0.1) is 11.3 Å². The van der Waals surface area contributed by atoms with E-state index in [-0.39, 0.29) is 38.1 Å². The van der Waals surface area contributed by atoms with Gasteiger partial charge in [0, 0.05) is 17.9 Å². The molecule has 0 aliphatic rings. The molecule has 0 radical (unpaired) electrons. The molecular weight excluding hydrogens is 514 g/mol. The molecule has 9 heteroatoms. The Morgan fingerprint density at radius 2 is 1.45 bits per heavy atom. The van der Waals surface area contributed by atoms with Gasteiger partial charge >= 0.3 is 18.1 Å². The number of carbonyl (C=O) groups excluding carboxylic acids is 3. The summed E-state index contributed by atoms with van der Waals surface area (Å²) < 4.78 is 15.6. The molecule has 40 heavy (non-hydrogen) atoms. The van der Waals surface area contributed by atoms with Gasteiger partial charge in [0.2, 0.25) is 5.91 Å². The summed E-state index contributed by atoms with van der Waals surface area (Å²) in [6.07, 6.45) is -0.734. The molecule has 0 heterocycles. The Kier molecular flexibility index (Phi) is 12.6. The average Bonchev–Trinajstić information content (AvgIpc) is 2.90. The first-order chi connectivity index (χ1) is 18.8. The van der Waals surface area contributed by atoms with E-state index >= 15 is 0 Å². The van der Waals surface area contributed by atoms with Crippen molar-refractivity contribution >= 4 is 24.0 Å². The Hall–Kier alpha value is -3.88. The highest BCUT2D eigenvalue weighted by atomic mass is 16.7. The maximum atomic E-state index is 12.8. The molecule has 0 bridgehead atoms. The third-order valence-electron chi connectivity index (χ3n) is 6.03. The van der Waals surface area contributed by atoms with E-state index in [1.165, 1.54) is 0 Å².